The molecular formula is C16H22N2O5S. The molecule has 0 aromatic heterocycles. The Bertz CT molecular complexity index is 714. The maximum atomic E-state index is 12.7. The SMILES string of the molecule is CC(=O)NCc1ccc(S(=O)(=O)N2CC(C)CC(C(=O)O)C2)cc1. The molecule has 24 heavy (non-hydrogen) atoms. The monoisotopic (exact) mass is 354 g/mol. The highest BCUT2D eigenvalue weighted by Gasteiger charge is 2.36. The number of piperidine rings is 1. The second-order valence-electron chi connectivity index (χ2n) is 6.25. The van der Waals surface area contributed by atoms with Crippen molar-refractivity contribution in [2.45, 2.75) is 31.7 Å². The predicted octanol–water partition coefficient (Wildman–Crippen LogP) is 1.05. The van der Waals surface area contributed by atoms with Crippen LogP contribution in [0.15, 0.2) is 29.2 Å². The lowest BCUT2D eigenvalue weighted by atomic mass is 9.92. The number of nitrogens with one attached hydrogen (secondary N) is 1. The Balaban J connectivity index is 2.17. The molecule has 0 saturated carbocycles. The first kappa shape index (κ1) is 18.4. The number of carboxylic acids is 1. The fourth-order valence-corrected chi connectivity index (χ4v) is 4.44. The van der Waals surface area contributed by atoms with Crippen LogP contribution in [0.3, 0.4) is 0 Å². The van der Waals surface area contributed by atoms with Gasteiger partial charge in [-0.3, -0.25) is 9.59 Å². The van der Waals surface area contributed by atoms with Crippen molar-refractivity contribution in [1.82, 2.24) is 9.62 Å². The third-order valence-electron chi connectivity index (χ3n) is 4.08. The summed E-state index contributed by atoms with van der Waals surface area (Å²) in [6.45, 7) is 3.91. The first-order chi connectivity index (χ1) is 11.2. The van der Waals surface area contributed by atoms with E-state index in [0.29, 0.717) is 19.5 Å². The summed E-state index contributed by atoms with van der Waals surface area (Å²) >= 11 is 0. The fourth-order valence-electron chi connectivity index (χ4n) is 2.83. The van der Waals surface area contributed by atoms with Crippen molar-refractivity contribution in [3.63, 3.8) is 0 Å². The molecule has 1 amide bonds. The van der Waals surface area contributed by atoms with E-state index in [1.807, 2.05) is 6.92 Å². The third-order valence-corrected chi connectivity index (χ3v) is 5.92. The van der Waals surface area contributed by atoms with Crippen LogP contribution < -0.4 is 5.32 Å². The maximum Gasteiger partial charge on any atom is 0.307 e. The van der Waals surface area contributed by atoms with Crippen molar-refractivity contribution in [2.75, 3.05) is 13.1 Å². The van der Waals surface area contributed by atoms with Crippen molar-refractivity contribution in [3.8, 4) is 0 Å². The van der Waals surface area contributed by atoms with Gasteiger partial charge in [0, 0.05) is 26.6 Å². The van der Waals surface area contributed by atoms with Crippen LogP contribution in [0.1, 0.15) is 25.8 Å². The standard InChI is InChI=1S/C16H22N2O5S/c1-11-7-14(16(20)21)10-18(9-11)24(22,23)15-5-3-13(4-6-15)8-17-12(2)19/h3-6,11,14H,7-10H2,1-2H3,(H,17,19)(H,20,21). The Kier molecular flexibility index (Phi) is 5.61. The minimum absolute atomic E-state index is 0.00432. The minimum atomic E-state index is -3.73. The first-order valence-corrected chi connectivity index (χ1v) is 9.20. The number of amides is 1. The topological polar surface area (TPSA) is 104 Å². The molecule has 1 aromatic rings. The Labute approximate surface area is 141 Å². The van der Waals surface area contributed by atoms with E-state index in [9.17, 15) is 23.1 Å². The van der Waals surface area contributed by atoms with Gasteiger partial charge in [-0.1, -0.05) is 19.1 Å². The van der Waals surface area contributed by atoms with Crippen LogP contribution in [0.25, 0.3) is 0 Å². The molecule has 0 bridgehead atoms. The molecule has 0 aliphatic carbocycles. The van der Waals surface area contributed by atoms with Gasteiger partial charge >= 0.3 is 5.97 Å². The van der Waals surface area contributed by atoms with E-state index in [2.05, 4.69) is 5.32 Å². The van der Waals surface area contributed by atoms with Crippen LogP contribution >= 0.6 is 0 Å². The summed E-state index contributed by atoms with van der Waals surface area (Å²) in [7, 11) is -3.73. The molecule has 1 saturated heterocycles. The average Bonchev–Trinajstić information content (AvgIpc) is 2.52. The molecule has 132 valence electrons. The number of sulfonamides is 1. The van der Waals surface area contributed by atoms with E-state index < -0.39 is 21.9 Å². The van der Waals surface area contributed by atoms with Crippen LogP contribution in [0.2, 0.25) is 0 Å². The van der Waals surface area contributed by atoms with Gasteiger partial charge in [0.2, 0.25) is 15.9 Å². The largest absolute Gasteiger partial charge is 0.481 e. The molecule has 1 heterocycles. The van der Waals surface area contributed by atoms with Gasteiger partial charge in [-0.2, -0.15) is 4.31 Å². The summed E-state index contributed by atoms with van der Waals surface area (Å²) in [5.41, 5.74) is 0.791. The van der Waals surface area contributed by atoms with Gasteiger partial charge in [-0.05, 0) is 30.0 Å². The highest BCUT2D eigenvalue weighted by molar-refractivity contribution is 7.89. The summed E-state index contributed by atoms with van der Waals surface area (Å²) in [5.74, 6) is -1.81. The molecule has 2 unspecified atom stereocenters. The molecule has 2 rings (SSSR count). The second kappa shape index (κ2) is 7.31. The van der Waals surface area contributed by atoms with E-state index >= 15 is 0 Å². The summed E-state index contributed by atoms with van der Waals surface area (Å²) in [6, 6.07) is 6.26. The number of aliphatic carboxylic acids is 1. The minimum Gasteiger partial charge on any atom is -0.481 e. The maximum absolute atomic E-state index is 12.7. The molecule has 8 heteroatoms. The zero-order valence-corrected chi connectivity index (χ0v) is 14.5. The van der Waals surface area contributed by atoms with Gasteiger partial charge in [-0.25, -0.2) is 8.42 Å². The zero-order valence-electron chi connectivity index (χ0n) is 13.7. The van der Waals surface area contributed by atoms with E-state index in [-0.39, 0.29) is 23.3 Å². The first-order valence-electron chi connectivity index (χ1n) is 7.76. The highest BCUT2D eigenvalue weighted by atomic mass is 32.2. The molecule has 1 aromatic carbocycles. The molecule has 1 fully saturated rings. The van der Waals surface area contributed by atoms with Crippen LogP contribution in [-0.2, 0) is 26.2 Å². The Morgan fingerprint density at radius 3 is 2.42 bits per heavy atom. The molecule has 0 spiro atoms. The van der Waals surface area contributed by atoms with Crippen molar-refractivity contribution >= 4 is 21.9 Å². The number of carbonyl (C=O) groups excluding carboxylic acids is 1. The van der Waals surface area contributed by atoms with Crippen molar-refractivity contribution < 1.29 is 23.1 Å². The molecule has 7 nitrogen and oxygen atoms in total. The average molecular weight is 354 g/mol. The number of carboxylic acid groups (broad SMARTS) is 1. The summed E-state index contributed by atoms with van der Waals surface area (Å²) in [6.07, 6.45) is 0.483. The molecule has 1 aliphatic rings. The molecule has 2 N–H and O–H groups in total. The number of hydrogen-bond acceptors (Lipinski definition) is 4. The van der Waals surface area contributed by atoms with E-state index in [1.165, 1.54) is 23.4 Å². The predicted molar refractivity (Wildman–Crippen MR) is 87.6 cm³/mol. The molecule has 0 radical (unpaired) electrons. The summed E-state index contributed by atoms with van der Waals surface area (Å²) in [5, 5.41) is 11.8. The van der Waals surface area contributed by atoms with E-state index in [1.54, 1.807) is 12.1 Å². The summed E-state index contributed by atoms with van der Waals surface area (Å²) < 4.78 is 26.7. The molecule has 1 aliphatic heterocycles. The van der Waals surface area contributed by atoms with Gasteiger partial charge in [0.1, 0.15) is 0 Å². The fraction of sp³-hybridized carbons (Fsp3) is 0.500. The summed E-state index contributed by atoms with van der Waals surface area (Å²) in [4.78, 5) is 22.3. The number of hydrogen-bond donors (Lipinski definition) is 2. The highest BCUT2D eigenvalue weighted by Crippen LogP contribution is 2.27. The normalized spacial score (nSPS) is 22.1. The van der Waals surface area contributed by atoms with Gasteiger partial charge < -0.3 is 10.4 Å². The number of nitrogens with zero attached hydrogens (tertiary/aromatic N) is 1. The lowest BCUT2D eigenvalue weighted by Gasteiger charge is -2.33. The number of carbonyl (C=O) groups is 2. The quantitative estimate of drug-likeness (QED) is 0.823. The smallest absolute Gasteiger partial charge is 0.307 e. The third kappa shape index (κ3) is 4.33. The molecule has 2 atom stereocenters. The Morgan fingerprint density at radius 2 is 1.88 bits per heavy atom. The van der Waals surface area contributed by atoms with Crippen LogP contribution in [0.5, 0.6) is 0 Å². The lowest BCUT2D eigenvalue weighted by molar-refractivity contribution is -0.143. The van der Waals surface area contributed by atoms with Crippen molar-refractivity contribution in [3.05, 3.63) is 29.8 Å². The van der Waals surface area contributed by atoms with Crippen molar-refractivity contribution in [2.24, 2.45) is 11.8 Å². The van der Waals surface area contributed by atoms with Crippen LogP contribution in [0, 0.1) is 11.8 Å². The van der Waals surface area contributed by atoms with Crippen LogP contribution in [0.4, 0.5) is 0 Å². The number of benzene rings is 1. The van der Waals surface area contributed by atoms with Gasteiger partial charge in [0.05, 0.1) is 10.8 Å². The van der Waals surface area contributed by atoms with E-state index in [0.717, 1.165) is 5.56 Å². The Hall–Kier alpha value is -1.93. The molecular weight excluding hydrogens is 332 g/mol. The number of rotatable bonds is 5. The lowest BCUT2D eigenvalue weighted by Crippen LogP contribution is -2.45. The van der Waals surface area contributed by atoms with Gasteiger partial charge in [0.15, 0.2) is 0 Å². The van der Waals surface area contributed by atoms with Gasteiger partial charge in [-0.15, -0.1) is 0 Å². The van der Waals surface area contributed by atoms with Gasteiger partial charge in [0.25, 0.3) is 0 Å². The Morgan fingerprint density at radius 1 is 1.25 bits per heavy atom. The zero-order chi connectivity index (χ0) is 17.9. The van der Waals surface area contributed by atoms with E-state index in [4.69, 9.17) is 0 Å². The second-order valence-corrected chi connectivity index (χ2v) is 8.19. The van der Waals surface area contributed by atoms with Crippen LogP contribution in [-0.4, -0.2) is 42.8 Å². The van der Waals surface area contributed by atoms with Crippen molar-refractivity contribution in [1.29, 1.82) is 0 Å².